The van der Waals surface area contributed by atoms with Crippen LogP contribution in [0.25, 0.3) is 11.1 Å². The molecule has 0 fully saturated rings. The Balaban J connectivity index is 1.58. The predicted octanol–water partition coefficient (Wildman–Crippen LogP) is 7.19. The van der Waals surface area contributed by atoms with Crippen molar-refractivity contribution in [3.05, 3.63) is 131 Å². The number of hydrogen-bond donors (Lipinski definition) is 2. The molecule has 0 aliphatic heterocycles. The highest BCUT2D eigenvalue weighted by Crippen LogP contribution is 2.28. The molecule has 284 valence electrons. The third-order valence-corrected chi connectivity index (χ3v) is 7.72. The van der Waals surface area contributed by atoms with Crippen LogP contribution >= 0.6 is 0 Å². The van der Waals surface area contributed by atoms with Crippen molar-refractivity contribution in [1.82, 2.24) is 0 Å². The number of amides is 1. The van der Waals surface area contributed by atoms with E-state index >= 15 is 0 Å². The first-order valence-electron chi connectivity index (χ1n) is 16.9. The van der Waals surface area contributed by atoms with Crippen molar-refractivity contribution in [2.75, 3.05) is 44.1 Å². The number of hydrogen-bond acceptors (Lipinski definition) is 12. The van der Waals surface area contributed by atoms with Crippen molar-refractivity contribution < 1.29 is 52.5 Å². The number of rotatable bonds is 17. The Labute approximate surface area is 317 Å². The number of esters is 4. The van der Waals surface area contributed by atoms with Crippen molar-refractivity contribution in [1.29, 1.82) is 0 Å². The van der Waals surface area contributed by atoms with Crippen LogP contribution in [-0.2, 0) is 28.5 Å². The maximum absolute atomic E-state index is 13.8. The molecule has 0 saturated carbocycles. The molecular weight excluding hydrogens is 708 g/mol. The van der Waals surface area contributed by atoms with Crippen molar-refractivity contribution in [3.63, 3.8) is 0 Å². The molecular formula is C42H40N2O11. The monoisotopic (exact) mass is 748 g/mol. The highest BCUT2D eigenvalue weighted by Gasteiger charge is 2.22. The zero-order valence-electron chi connectivity index (χ0n) is 30.8. The number of ether oxygens (including phenoxy) is 5. The molecule has 0 aliphatic carbocycles. The van der Waals surface area contributed by atoms with E-state index in [0.29, 0.717) is 28.3 Å². The topological polar surface area (TPSA) is 173 Å². The summed E-state index contributed by atoms with van der Waals surface area (Å²) in [4.78, 5) is 75.9. The Bertz CT molecular complexity index is 2120. The Morgan fingerprint density at radius 1 is 0.527 bits per heavy atom. The summed E-state index contributed by atoms with van der Waals surface area (Å²) < 4.78 is 26.3. The largest absolute Gasteiger partial charge is 0.459 e. The van der Waals surface area contributed by atoms with E-state index in [0.717, 1.165) is 5.69 Å². The lowest BCUT2D eigenvalue weighted by Crippen LogP contribution is -2.19. The van der Waals surface area contributed by atoms with E-state index in [-0.39, 0.29) is 59.8 Å². The SMILES string of the molecule is C=C(C)C(=O)OCCOC(=O)c1ccc(-c2ccc(C(=O)OCCOC(=O)C(=C)C)c(C(=O)Nc3ccc(Oc4ccc(NC)cc4)cc3)c2)cc1C(C)=O. The van der Waals surface area contributed by atoms with Gasteiger partial charge in [-0.25, -0.2) is 19.2 Å². The minimum atomic E-state index is -0.854. The summed E-state index contributed by atoms with van der Waals surface area (Å²) in [6.45, 7) is 10.3. The molecule has 4 aromatic carbocycles. The van der Waals surface area contributed by atoms with Gasteiger partial charge < -0.3 is 34.3 Å². The van der Waals surface area contributed by atoms with E-state index in [2.05, 4.69) is 23.8 Å². The zero-order chi connectivity index (χ0) is 40.1. The normalized spacial score (nSPS) is 10.3. The third kappa shape index (κ3) is 11.5. The number of nitrogens with one attached hydrogen (secondary N) is 2. The van der Waals surface area contributed by atoms with Gasteiger partial charge in [-0.05, 0) is 105 Å². The van der Waals surface area contributed by atoms with Gasteiger partial charge in [0.2, 0.25) is 0 Å². The fourth-order valence-electron chi connectivity index (χ4n) is 4.85. The van der Waals surface area contributed by atoms with E-state index in [9.17, 15) is 28.8 Å². The summed E-state index contributed by atoms with van der Waals surface area (Å²) in [5.74, 6) is -2.88. The molecule has 0 aromatic heterocycles. The Kier molecular flexibility index (Phi) is 14.2. The van der Waals surface area contributed by atoms with Crippen LogP contribution in [0.3, 0.4) is 0 Å². The van der Waals surface area contributed by atoms with Gasteiger partial charge in [-0.15, -0.1) is 0 Å². The van der Waals surface area contributed by atoms with Crippen LogP contribution < -0.4 is 15.4 Å². The van der Waals surface area contributed by atoms with E-state index < -0.39 is 35.6 Å². The first kappa shape index (κ1) is 40.7. The molecule has 55 heavy (non-hydrogen) atoms. The molecule has 0 unspecified atom stereocenters. The van der Waals surface area contributed by atoms with Crippen LogP contribution in [0, 0.1) is 0 Å². The maximum atomic E-state index is 13.8. The minimum Gasteiger partial charge on any atom is -0.459 e. The second-order valence-corrected chi connectivity index (χ2v) is 12.0. The Morgan fingerprint density at radius 2 is 0.945 bits per heavy atom. The molecule has 0 aliphatic rings. The molecule has 0 bridgehead atoms. The van der Waals surface area contributed by atoms with Gasteiger partial charge in [-0.1, -0.05) is 25.3 Å². The van der Waals surface area contributed by atoms with E-state index in [4.69, 9.17) is 23.7 Å². The fourth-order valence-corrected chi connectivity index (χ4v) is 4.85. The van der Waals surface area contributed by atoms with Crippen molar-refractivity contribution in [2.45, 2.75) is 20.8 Å². The van der Waals surface area contributed by atoms with Crippen LogP contribution in [0.2, 0.25) is 0 Å². The number of benzene rings is 4. The number of carbonyl (C=O) groups excluding carboxylic acids is 6. The number of anilines is 2. The molecule has 2 N–H and O–H groups in total. The molecule has 0 heterocycles. The number of ketones is 1. The van der Waals surface area contributed by atoms with Gasteiger partial charge in [0.15, 0.2) is 5.78 Å². The highest BCUT2D eigenvalue weighted by atomic mass is 16.6. The van der Waals surface area contributed by atoms with E-state index in [1.54, 1.807) is 36.4 Å². The Hall–Kier alpha value is -7.02. The summed E-state index contributed by atoms with van der Waals surface area (Å²) in [6.07, 6.45) is 0. The summed E-state index contributed by atoms with van der Waals surface area (Å²) in [6, 6.07) is 22.8. The van der Waals surface area contributed by atoms with Gasteiger partial charge in [0.05, 0.1) is 16.7 Å². The van der Waals surface area contributed by atoms with Gasteiger partial charge in [0.25, 0.3) is 5.91 Å². The molecule has 1 amide bonds. The van der Waals surface area contributed by atoms with Gasteiger partial charge in [-0.3, -0.25) is 9.59 Å². The van der Waals surface area contributed by atoms with Crippen LogP contribution in [0.1, 0.15) is 62.2 Å². The highest BCUT2D eigenvalue weighted by molar-refractivity contribution is 6.12. The first-order valence-corrected chi connectivity index (χ1v) is 16.9. The summed E-state index contributed by atoms with van der Waals surface area (Å²) >= 11 is 0. The van der Waals surface area contributed by atoms with Crippen LogP contribution in [-0.4, -0.2) is 69.0 Å². The quantitative estimate of drug-likeness (QED) is 0.0366. The zero-order valence-corrected chi connectivity index (χ0v) is 30.8. The molecule has 0 radical (unpaired) electrons. The van der Waals surface area contributed by atoms with Gasteiger partial charge in [-0.2, -0.15) is 0 Å². The first-order chi connectivity index (χ1) is 26.3. The lowest BCUT2D eigenvalue weighted by atomic mass is 9.94. The van der Waals surface area contributed by atoms with Crippen molar-refractivity contribution in [2.24, 2.45) is 0 Å². The number of carbonyl (C=O) groups is 6. The van der Waals surface area contributed by atoms with E-state index in [1.165, 1.54) is 45.0 Å². The molecule has 4 rings (SSSR count). The smallest absolute Gasteiger partial charge is 0.339 e. The fraction of sp³-hybridized carbons (Fsp3) is 0.190. The average Bonchev–Trinajstić information content (AvgIpc) is 3.18. The second kappa shape index (κ2) is 19.2. The van der Waals surface area contributed by atoms with Gasteiger partial charge >= 0.3 is 23.9 Å². The van der Waals surface area contributed by atoms with Gasteiger partial charge in [0.1, 0.15) is 37.9 Å². The van der Waals surface area contributed by atoms with E-state index in [1.807, 2.05) is 31.3 Å². The van der Waals surface area contributed by atoms with Crippen molar-refractivity contribution >= 4 is 46.9 Å². The summed E-state index contributed by atoms with van der Waals surface area (Å²) in [7, 11) is 1.82. The summed E-state index contributed by atoms with van der Waals surface area (Å²) in [5, 5.41) is 5.82. The molecule has 4 aromatic rings. The number of Topliss-reactive ketones (excluding diaryl/α,β-unsaturated/α-hetero) is 1. The van der Waals surface area contributed by atoms with Gasteiger partial charge in [0, 0.05) is 35.1 Å². The van der Waals surface area contributed by atoms with Crippen LogP contribution in [0.15, 0.2) is 109 Å². The summed E-state index contributed by atoms with van der Waals surface area (Å²) in [5.41, 5.74) is 2.45. The second-order valence-electron chi connectivity index (χ2n) is 12.0. The lowest BCUT2D eigenvalue weighted by Gasteiger charge is -2.14. The minimum absolute atomic E-state index is 0.0181. The maximum Gasteiger partial charge on any atom is 0.339 e. The van der Waals surface area contributed by atoms with Crippen LogP contribution in [0.5, 0.6) is 11.5 Å². The molecule has 13 heteroatoms. The lowest BCUT2D eigenvalue weighted by molar-refractivity contribution is -0.140. The average molecular weight is 749 g/mol. The molecule has 0 saturated heterocycles. The molecule has 0 spiro atoms. The predicted molar refractivity (Wildman–Crippen MR) is 204 cm³/mol. The standard InChI is InChI=1S/C42H40N2O11/c1-25(2)39(47)51-19-21-53-41(49)34-17-7-28(23-36(34)27(5)45)29-8-18-35(42(50)54-22-20-52-40(48)26(3)4)37(24-29)38(46)44-31-11-15-33(16-12-31)55-32-13-9-30(43-6)10-14-32/h7-18,23-24,43H,1,3,19-22H2,2,4-6H3,(H,44,46). The third-order valence-electron chi connectivity index (χ3n) is 7.72. The Morgan fingerprint density at radius 3 is 1.38 bits per heavy atom. The van der Waals surface area contributed by atoms with Crippen LogP contribution in [0.4, 0.5) is 11.4 Å². The molecule has 0 atom stereocenters. The van der Waals surface area contributed by atoms with Crippen molar-refractivity contribution in [3.8, 4) is 22.6 Å². The molecule has 13 nitrogen and oxygen atoms in total.